The highest BCUT2D eigenvalue weighted by Gasteiger charge is 2.69. The van der Waals surface area contributed by atoms with Crippen LogP contribution in [0.15, 0.2) is 30.5 Å². The number of aromatic amines is 2. The fraction of sp³-hybridized carbons (Fsp3) is 0.391. The van der Waals surface area contributed by atoms with E-state index in [1.807, 2.05) is 24.3 Å². The molecule has 4 heterocycles. The van der Waals surface area contributed by atoms with Crippen molar-refractivity contribution in [3.63, 3.8) is 0 Å². The molecule has 3 aromatic heterocycles. The highest BCUT2D eigenvalue weighted by molar-refractivity contribution is 6.07. The summed E-state index contributed by atoms with van der Waals surface area (Å²) in [6, 6.07) is 7.61. The number of anilines is 1. The number of halogens is 3. The van der Waals surface area contributed by atoms with Crippen molar-refractivity contribution in [2.75, 3.05) is 18.8 Å². The zero-order chi connectivity index (χ0) is 23.7. The Labute approximate surface area is 191 Å². The zero-order valence-electron chi connectivity index (χ0n) is 18.1. The van der Waals surface area contributed by atoms with Crippen molar-refractivity contribution in [1.29, 1.82) is 0 Å². The number of piperidine rings is 1. The summed E-state index contributed by atoms with van der Waals surface area (Å²) < 4.78 is 40.4. The zero-order valence-corrected chi connectivity index (χ0v) is 18.1. The third-order valence-electron chi connectivity index (χ3n) is 7.07. The number of imidazole rings is 1. The van der Waals surface area contributed by atoms with E-state index < -0.39 is 17.5 Å². The molecule has 1 aromatic carbocycles. The maximum Gasteiger partial charge on any atom is 0.403 e. The van der Waals surface area contributed by atoms with Crippen LogP contribution in [-0.4, -0.2) is 55.2 Å². The third-order valence-corrected chi connectivity index (χ3v) is 7.07. The largest absolute Gasteiger partial charge is 0.403 e. The van der Waals surface area contributed by atoms with Crippen molar-refractivity contribution in [1.82, 2.24) is 30.0 Å². The van der Waals surface area contributed by atoms with Crippen LogP contribution in [0.3, 0.4) is 0 Å². The molecule has 6 rings (SSSR count). The molecule has 11 heteroatoms. The summed E-state index contributed by atoms with van der Waals surface area (Å²) in [5.74, 6) is -0.131. The van der Waals surface area contributed by atoms with E-state index in [-0.39, 0.29) is 31.1 Å². The first kappa shape index (κ1) is 20.9. The standard InChI is InChI=1S/C23H22F3N7O/c24-23(25,26)22(6-7-22)21(34)33-9-1-2-13(11-33)20-30-17-14-4-3-12(15-5-8-28-32-15)10-16(14)29-19(27)18(17)31-20/h3-5,8,10,13H,1-2,6-7,9,11H2,(H2,27,29)(H,28,32)(H,30,31)/t13-/m1/s1. The number of nitrogens with zero attached hydrogens (tertiary/aromatic N) is 4. The van der Waals surface area contributed by atoms with Crippen molar-refractivity contribution in [2.45, 2.75) is 37.8 Å². The van der Waals surface area contributed by atoms with Gasteiger partial charge in [0.25, 0.3) is 0 Å². The number of rotatable bonds is 3. The van der Waals surface area contributed by atoms with Gasteiger partial charge < -0.3 is 15.6 Å². The SMILES string of the molecule is Nc1nc2cc(-c3cc[nH]n3)ccc2c2[nH]c([C@@H]3CCCN(C(=O)C4(C(F)(F)F)CC4)C3)nc12. The van der Waals surface area contributed by atoms with Gasteiger partial charge in [-0.05, 0) is 43.9 Å². The van der Waals surface area contributed by atoms with Crippen molar-refractivity contribution in [3.05, 3.63) is 36.3 Å². The lowest BCUT2D eigenvalue weighted by Gasteiger charge is -2.35. The Morgan fingerprint density at radius 1 is 1.21 bits per heavy atom. The van der Waals surface area contributed by atoms with Crippen LogP contribution in [0.5, 0.6) is 0 Å². The monoisotopic (exact) mass is 469 g/mol. The first-order valence-electron chi connectivity index (χ1n) is 11.2. The minimum absolute atomic E-state index is 0.129. The summed E-state index contributed by atoms with van der Waals surface area (Å²) in [6.45, 7) is 0.529. The molecular formula is C23H22F3N7O. The second-order valence-corrected chi connectivity index (χ2v) is 9.20. The maximum absolute atomic E-state index is 13.5. The van der Waals surface area contributed by atoms with Gasteiger partial charge in [-0.25, -0.2) is 9.97 Å². The number of alkyl halides is 3. The molecule has 0 spiro atoms. The van der Waals surface area contributed by atoms with Gasteiger partial charge in [0, 0.05) is 36.2 Å². The number of hydrogen-bond donors (Lipinski definition) is 3. The normalized spacial score (nSPS) is 20.2. The number of benzene rings is 1. The summed E-state index contributed by atoms with van der Waals surface area (Å²) >= 11 is 0. The minimum atomic E-state index is -4.51. The average Bonchev–Trinajstić information content (AvgIpc) is 3.26. The number of carbonyl (C=O) groups is 1. The average molecular weight is 469 g/mol. The number of H-pyrrole nitrogens is 2. The van der Waals surface area contributed by atoms with Crippen molar-refractivity contribution in [2.24, 2.45) is 5.41 Å². The molecule has 4 N–H and O–H groups in total. The van der Waals surface area contributed by atoms with E-state index in [4.69, 9.17) is 5.73 Å². The molecule has 176 valence electrons. The quantitative estimate of drug-likeness (QED) is 0.417. The molecule has 2 aliphatic rings. The lowest BCUT2D eigenvalue weighted by atomic mass is 9.95. The highest BCUT2D eigenvalue weighted by Crippen LogP contribution is 2.59. The van der Waals surface area contributed by atoms with E-state index in [2.05, 4.69) is 25.1 Å². The molecule has 34 heavy (non-hydrogen) atoms. The van der Waals surface area contributed by atoms with Gasteiger partial charge in [-0.3, -0.25) is 9.89 Å². The molecule has 0 radical (unpaired) electrons. The highest BCUT2D eigenvalue weighted by atomic mass is 19.4. The smallest absolute Gasteiger partial charge is 0.382 e. The molecule has 1 amide bonds. The van der Waals surface area contributed by atoms with Gasteiger partial charge in [0.15, 0.2) is 5.82 Å². The number of fused-ring (bicyclic) bond motifs is 3. The number of amides is 1. The van der Waals surface area contributed by atoms with E-state index in [0.717, 1.165) is 28.6 Å². The molecule has 8 nitrogen and oxygen atoms in total. The van der Waals surface area contributed by atoms with Gasteiger partial charge >= 0.3 is 6.18 Å². The fourth-order valence-corrected chi connectivity index (χ4v) is 4.99. The summed E-state index contributed by atoms with van der Waals surface area (Å²) in [7, 11) is 0. The van der Waals surface area contributed by atoms with Crippen LogP contribution in [0.25, 0.3) is 33.2 Å². The van der Waals surface area contributed by atoms with Gasteiger partial charge in [0.1, 0.15) is 16.8 Å². The molecule has 1 atom stereocenters. The number of likely N-dealkylation sites (tertiary alicyclic amines) is 1. The number of nitrogens with one attached hydrogen (secondary N) is 2. The number of nitrogen functional groups attached to an aromatic ring is 1. The molecule has 2 fully saturated rings. The Morgan fingerprint density at radius 3 is 2.74 bits per heavy atom. The van der Waals surface area contributed by atoms with Crippen LogP contribution in [0.4, 0.5) is 19.0 Å². The van der Waals surface area contributed by atoms with Crippen molar-refractivity contribution >= 4 is 33.7 Å². The summed E-state index contributed by atoms with van der Waals surface area (Å²) in [6.07, 6.45) is -1.70. The topological polar surface area (TPSA) is 117 Å². The van der Waals surface area contributed by atoms with Gasteiger partial charge in [-0.1, -0.05) is 6.07 Å². The summed E-state index contributed by atoms with van der Waals surface area (Å²) in [5, 5.41) is 7.82. The molecule has 1 aliphatic carbocycles. The van der Waals surface area contributed by atoms with Crippen LogP contribution in [0.2, 0.25) is 0 Å². The van der Waals surface area contributed by atoms with E-state index in [1.54, 1.807) is 6.20 Å². The third kappa shape index (κ3) is 3.13. The summed E-state index contributed by atoms with van der Waals surface area (Å²) in [5.41, 5.74) is 7.62. The lowest BCUT2D eigenvalue weighted by Crippen LogP contribution is -2.47. The Hall–Kier alpha value is -3.63. The van der Waals surface area contributed by atoms with Crippen LogP contribution in [0, 0.1) is 5.41 Å². The first-order chi connectivity index (χ1) is 16.3. The molecule has 4 aromatic rings. The Kier molecular flexibility index (Phi) is 4.42. The van der Waals surface area contributed by atoms with Gasteiger partial charge in [-0.2, -0.15) is 18.3 Å². The van der Waals surface area contributed by atoms with Crippen molar-refractivity contribution < 1.29 is 18.0 Å². The second-order valence-electron chi connectivity index (χ2n) is 9.20. The minimum Gasteiger partial charge on any atom is -0.382 e. The number of carbonyl (C=O) groups excluding carboxylic acids is 1. The van der Waals surface area contributed by atoms with Gasteiger partial charge in [-0.15, -0.1) is 0 Å². The van der Waals surface area contributed by atoms with E-state index in [0.29, 0.717) is 29.8 Å². The number of aromatic nitrogens is 5. The number of hydrogen-bond acceptors (Lipinski definition) is 5. The molecule has 0 bridgehead atoms. The first-order valence-corrected chi connectivity index (χ1v) is 11.2. The van der Waals surface area contributed by atoms with Gasteiger partial charge in [0.2, 0.25) is 5.91 Å². The van der Waals surface area contributed by atoms with Crippen LogP contribution >= 0.6 is 0 Å². The maximum atomic E-state index is 13.5. The molecule has 1 saturated carbocycles. The predicted molar refractivity (Wildman–Crippen MR) is 120 cm³/mol. The Morgan fingerprint density at radius 2 is 2.03 bits per heavy atom. The molecule has 1 aliphatic heterocycles. The van der Waals surface area contributed by atoms with Crippen LogP contribution in [0.1, 0.15) is 37.4 Å². The molecule has 1 saturated heterocycles. The number of pyridine rings is 1. The Bertz CT molecular complexity index is 1410. The van der Waals surface area contributed by atoms with Crippen molar-refractivity contribution in [3.8, 4) is 11.3 Å². The predicted octanol–water partition coefficient (Wildman–Crippen LogP) is 4.13. The summed E-state index contributed by atoms with van der Waals surface area (Å²) in [4.78, 5) is 26.6. The number of nitrogens with two attached hydrogens (primary N) is 1. The molecule has 0 unspecified atom stereocenters. The van der Waals surface area contributed by atoms with Crippen LogP contribution < -0.4 is 5.73 Å². The Balaban J connectivity index is 1.33. The van der Waals surface area contributed by atoms with Crippen LogP contribution in [-0.2, 0) is 4.79 Å². The van der Waals surface area contributed by atoms with E-state index >= 15 is 0 Å². The fourth-order valence-electron chi connectivity index (χ4n) is 4.99. The van der Waals surface area contributed by atoms with E-state index in [9.17, 15) is 18.0 Å². The van der Waals surface area contributed by atoms with Gasteiger partial charge in [0.05, 0.1) is 16.7 Å². The second kappa shape index (κ2) is 7.18. The lowest BCUT2D eigenvalue weighted by molar-refractivity contribution is -0.199. The van der Waals surface area contributed by atoms with E-state index in [1.165, 1.54) is 4.90 Å². The molecular weight excluding hydrogens is 447 g/mol.